The van der Waals surface area contributed by atoms with Crippen LogP contribution in [0.25, 0.3) is 98.4 Å². The fourth-order valence-electron chi connectivity index (χ4n) is 12.2. The van der Waals surface area contributed by atoms with E-state index in [4.69, 9.17) is 0 Å². The normalized spacial score (nSPS) is 11.6. The second kappa shape index (κ2) is 19.1. The van der Waals surface area contributed by atoms with Crippen molar-refractivity contribution in [2.24, 2.45) is 0 Å². The largest absolute Gasteiger partial charge is 0.309 e. The van der Waals surface area contributed by atoms with Gasteiger partial charge in [-0.2, -0.15) is 0 Å². The Kier molecular flexibility index (Phi) is 11.5. The summed E-state index contributed by atoms with van der Waals surface area (Å²) in [5.74, 6) is 0. The molecule has 0 aliphatic carbocycles. The van der Waals surface area contributed by atoms with Crippen LogP contribution in [-0.4, -0.2) is 0 Å². The molecule has 0 amide bonds. The molecule has 0 radical (unpaired) electrons. The van der Waals surface area contributed by atoms with Gasteiger partial charge in [0.25, 0.3) is 0 Å². The van der Waals surface area contributed by atoms with E-state index in [9.17, 15) is 0 Å². The maximum absolute atomic E-state index is 2.52. The quantitative estimate of drug-likeness (QED) is 0.126. The van der Waals surface area contributed by atoms with Crippen LogP contribution in [0.15, 0.2) is 267 Å². The van der Waals surface area contributed by atoms with Crippen LogP contribution in [0, 0.1) is 27.7 Å². The molecule has 0 saturated carbocycles. The molecule has 0 saturated heterocycles. The van der Waals surface area contributed by atoms with Gasteiger partial charge in [-0.3, -0.25) is 0 Å². The Hall–Kier alpha value is -9.76. The zero-order chi connectivity index (χ0) is 52.4. The van der Waals surface area contributed by atoms with Gasteiger partial charge in [-0.1, -0.05) is 236 Å². The van der Waals surface area contributed by atoms with Crippen molar-refractivity contribution < 1.29 is 0 Å². The van der Waals surface area contributed by atoms with Crippen LogP contribution in [-0.2, 0) is 0 Å². The highest BCUT2D eigenvalue weighted by molar-refractivity contribution is 6.28. The minimum absolute atomic E-state index is 1.11. The number of hydrogen-bond acceptors (Lipinski definition) is 2. The lowest BCUT2D eigenvalue weighted by Crippen LogP contribution is -2.13. The number of anilines is 6. The van der Waals surface area contributed by atoms with Crippen molar-refractivity contribution in [3.63, 3.8) is 0 Å². The van der Waals surface area contributed by atoms with Gasteiger partial charge in [-0.15, -0.1) is 0 Å². The zero-order valence-electron chi connectivity index (χ0n) is 44.3. The summed E-state index contributed by atoms with van der Waals surface area (Å²) in [5.41, 5.74) is 21.4. The maximum atomic E-state index is 2.52. The number of hydrogen-bond donors (Lipinski definition) is 0. The van der Waals surface area contributed by atoms with Crippen molar-refractivity contribution in [3.05, 3.63) is 289 Å². The molecule has 14 rings (SSSR count). The van der Waals surface area contributed by atoms with Crippen LogP contribution < -0.4 is 9.80 Å². The summed E-state index contributed by atoms with van der Waals surface area (Å²) in [5, 5.41) is 12.3. The summed E-state index contributed by atoms with van der Waals surface area (Å²) in [4.78, 5) is 5.05. The standard InChI is InChI=1S/C76H56N2/c1-49-16-42-67-64(47-49)21-18-51(3)75(67)77(65-38-30-59(31-39-65)57-26-22-55(23-27-57)53-11-7-5-8-12-53)71-45-36-62-35-44-69-72(46-37-63-34-43-68(71)73(62)74(63)69)78(76-52(4)17-20-61-19-15-50(2)48-70(61)76)66-40-32-60(33-41-66)58-28-24-56(25-29-58)54-13-9-6-10-14-54/h5-48H,1-4H3. The van der Waals surface area contributed by atoms with E-state index in [-0.39, 0.29) is 0 Å². The predicted molar refractivity (Wildman–Crippen MR) is 335 cm³/mol. The van der Waals surface area contributed by atoms with Crippen molar-refractivity contribution in [1.29, 1.82) is 0 Å². The van der Waals surface area contributed by atoms with Crippen LogP contribution in [0.5, 0.6) is 0 Å². The lowest BCUT2D eigenvalue weighted by Gasteiger charge is -2.31. The van der Waals surface area contributed by atoms with E-state index in [2.05, 4.69) is 304 Å². The van der Waals surface area contributed by atoms with E-state index in [1.165, 1.54) is 132 Å². The number of fused-ring (bicyclic) bond motifs is 2. The first kappa shape index (κ1) is 46.7. The predicted octanol–water partition coefficient (Wildman–Crippen LogP) is 21.7. The van der Waals surface area contributed by atoms with Gasteiger partial charge in [0, 0.05) is 32.9 Å². The molecule has 0 spiro atoms. The van der Waals surface area contributed by atoms with Crippen molar-refractivity contribution in [1.82, 2.24) is 0 Å². The average Bonchev–Trinajstić information content (AvgIpc) is 3.65. The molecule has 0 bridgehead atoms. The number of aryl methyl sites for hydroxylation is 4. The number of benzene rings is 14. The molecule has 370 valence electrons. The second-order valence-corrected chi connectivity index (χ2v) is 21.2. The van der Waals surface area contributed by atoms with E-state index in [0.29, 0.717) is 0 Å². The smallest absolute Gasteiger partial charge is 0.0569 e. The fourth-order valence-corrected chi connectivity index (χ4v) is 12.2. The molecule has 0 aliphatic rings. The van der Waals surface area contributed by atoms with Gasteiger partial charge < -0.3 is 9.80 Å². The van der Waals surface area contributed by atoms with Crippen molar-refractivity contribution >= 4 is 88.0 Å². The molecule has 0 aromatic heterocycles. The third kappa shape index (κ3) is 8.13. The van der Waals surface area contributed by atoms with Gasteiger partial charge in [0.1, 0.15) is 0 Å². The molecule has 0 aliphatic heterocycles. The van der Waals surface area contributed by atoms with Gasteiger partial charge >= 0.3 is 0 Å². The van der Waals surface area contributed by atoms with Gasteiger partial charge in [0.2, 0.25) is 0 Å². The van der Waals surface area contributed by atoms with Gasteiger partial charge in [0.15, 0.2) is 0 Å². The molecule has 2 heteroatoms. The highest BCUT2D eigenvalue weighted by Crippen LogP contribution is 2.51. The first-order valence-electron chi connectivity index (χ1n) is 27.1. The van der Waals surface area contributed by atoms with Crippen molar-refractivity contribution in [3.8, 4) is 44.5 Å². The van der Waals surface area contributed by atoms with Crippen LogP contribution in [0.1, 0.15) is 22.3 Å². The van der Waals surface area contributed by atoms with Crippen LogP contribution in [0.3, 0.4) is 0 Å². The van der Waals surface area contributed by atoms with Gasteiger partial charge in [0.05, 0.1) is 22.7 Å². The molecule has 14 aromatic rings. The first-order valence-corrected chi connectivity index (χ1v) is 27.1. The second-order valence-electron chi connectivity index (χ2n) is 21.2. The lowest BCUT2D eigenvalue weighted by atomic mass is 9.91. The Bertz CT molecular complexity index is 4540. The summed E-state index contributed by atoms with van der Waals surface area (Å²) in [6.07, 6.45) is 0. The van der Waals surface area contributed by atoms with Crippen LogP contribution >= 0.6 is 0 Å². The van der Waals surface area contributed by atoms with Gasteiger partial charge in [-0.25, -0.2) is 0 Å². The molecule has 0 unspecified atom stereocenters. The van der Waals surface area contributed by atoms with E-state index >= 15 is 0 Å². The Morgan fingerprint density at radius 1 is 0.231 bits per heavy atom. The Balaban J connectivity index is 0.941. The third-order valence-electron chi connectivity index (χ3n) is 16.1. The molecule has 0 heterocycles. The first-order chi connectivity index (χ1) is 38.3. The van der Waals surface area contributed by atoms with E-state index in [0.717, 1.165) is 22.7 Å². The van der Waals surface area contributed by atoms with E-state index in [1.807, 2.05) is 0 Å². The SMILES string of the molecule is Cc1ccc2c(N(c3ccc(-c4ccc(-c5ccccc5)cc4)cc3)c3ccc4ccc5c(N(c6ccc(-c7ccc(-c8ccccc8)cc7)cc6)c6c(C)ccc7ccc(C)cc67)ccc6ccc3c4c65)c(C)ccc2c1. The summed E-state index contributed by atoms with van der Waals surface area (Å²) in [6.45, 7) is 8.90. The fraction of sp³-hybridized carbons (Fsp3) is 0.0526. The van der Waals surface area contributed by atoms with Crippen molar-refractivity contribution in [2.75, 3.05) is 9.80 Å². The molecule has 78 heavy (non-hydrogen) atoms. The highest BCUT2D eigenvalue weighted by Gasteiger charge is 2.25. The molecule has 0 atom stereocenters. The lowest BCUT2D eigenvalue weighted by molar-refractivity contribution is 1.28. The molecular formula is C76H56N2. The Morgan fingerprint density at radius 2 is 0.564 bits per heavy atom. The zero-order valence-corrected chi connectivity index (χ0v) is 44.3. The molecule has 0 N–H and O–H groups in total. The van der Waals surface area contributed by atoms with Crippen LogP contribution in [0.2, 0.25) is 0 Å². The average molecular weight is 997 g/mol. The third-order valence-corrected chi connectivity index (χ3v) is 16.1. The molecule has 0 fully saturated rings. The van der Waals surface area contributed by atoms with Crippen LogP contribution in [0.4, 0.5) is 34.1 Å². The molecule has 2 nitrogen and oxygen atoms in total. The molecule has 14 aromatic carbocycles. The van der Waals surface area contributed by atoms with E-state index in [1.54, 1.807) is 0 Å². The highest BCUT2D eigenvalue weighted by atomic mass is 15.2. The summed E-state index contributed by atoms with van der Waals surface area (Å²) in [6, 6.07) is 99.0. The summed E-state index contributed by atoms with van der Waals surface area (Å²) in [7, 11) is 0. The Morgan fingerprint density at radius 3 is 1.03 bits per heavy atom. The van der Waals surface area contributed by atoms with E-state index < -0.39 is 0 Å². The molecular weight excluding hydrogens is 941 g/mol. The van der Waals surface area contributed by atoms with Gasteiger partial charge in [-0.05, 0) is 158 Å². The number of nitrogens with zero attached hydrogens (tertiary/aromatic N) is 2. The topological polar surface area (TPSA) is 6.48 Å². The van der Waals surface area contributed by atoms with Crippen molar-refractivity contribution in [2.45, 2.75) is 27.7 Å². The number of rotatable bonds is 10. The summed E-state index contributed by atoms with van der Waals surface area (Å²) >= 11 is 0. The minimum Gasteiger partial charge on any atom is -0.309 e. The monoisotopic (exact) mass is 996 g/mol. The maximum Gasteiger partial charge on any atom is 0.0569 e. The summed E-state index contributed by atoms with van der Waals surface area (Å²) < 4.78 is 0. The minimum atomic E-state index is 1.11. The Labute approximate surface area is 456 Å².